The molecular weight excluding hydrogens is 418 g/mol. The highest BCUT2D eigenvalue weighted by atomic mass is 16.3. The molecule has 180 valence electrons. The molecule has 0 radical (unpaired) electrons. The second-order valence-corrected chi connectivity index (χ2v) is 9.73. The molecule has 4 atom stereocenters. The van der Waals surface area contributed by atoms with Gasteiger partial charge in [-0.15, -0.1) is 0 Å². The van der Waals surface area contributed by atoms with Crippen molar-refractivity contribution in [2.24, 2.45) is 23.7 Å². The number of benzene rings is 1. The van der Waals surface area contributed by atoms with Crippen molar-refractivity contribution >= 4 is 17.9 Å². The molecule has 3 rings (SSSR count). The van der Waals surface area contributed by atoms with Crippen molar-refractivity contribution in [3.63, 3.8) is 0 Å². The van der Waals surface area contributed by atoms with Gasteiger partial charge in [0.15, 0.2) is 0 Å². The summed E-state index contributed by atoms with van der Waals surface area (Å²) in [7, 11) is 0. The van der Waals surface area contributed by atoms with Crippen LogP contribution in [0.1, 0.15) is 58.9 Å². The number of carbonyl (C=O) groups is 2. The summed E-state index contributed by atoms with van der Waals surface area (Å²) >= 11 is 0. The van der Waals surface area contributed by atoms with Crippen LogP contribution in [-0.4, -0.2) is 51.3 Å². The Morgan fingerprint density at radius 2 is 1.85 bits per heavy atom. The molecule has 1 aromatic rings. The SMILES string of the molecule is CCCN1C(=O)[C@@H]2[C@@H](CC(C(C)C)=C([C@H](O)CC/C(C)=C/c3ccc(O)cc3)[C@@H]2CO)C1=O. The normalized spacial score (nSPS) is 24.6. The van der Waals surface area contributed by atoms with Crippen molar-refractivity contribution in [2.45, 2.75) is 59.5 Å². The molecule has 1 saturated heterocycles. The van der Waals surface area contributed by atoms with Gasteiger partial charge in [-0.1, -0.05) is 50.1 Å². The van der Waals surface area contributed by atoms with Crippen LogP contribution in [0.5, 0.6) is 5.75 Å². The fourth-order valence-corrected chi connectivity index (χ4v) is 5.40. The van der Waals surface area contributed by atoms with Gasteiger partial charge in [-0.05, 0) is 61.8 Å². The van der Waals surface area contributed by atoms with Crippen molar-refractivity contribution < 1.29 is 24.9 Å². The summed E-state index contributed by atoms with van der Waals surface area (Å²) in [5.41, 5.74) is 3.82. The molecule has 1 aromatic carbocycles. The number of aliphatic hydroxyl groups is 2. The number of rotatable bonds is 9. The lowest BCUT2D eigenvalue weighted by Gasteiger charge is -2.38. The minimum Gasteiger partial charge on any atom is -0.508 e. The largest absolute Gasteiger partial charge is 0.508 e. The van der Waals surface area contributed by atoms with E-state index in [4.69, 9.17) is 0 Å². The predicted molar refractivity (Wildman–Crippen MR) is 128 cm³/mol. The Morgan fingerprint density at radius 1 is 1.18 bits per heavy atom. The smallest absolute Gasteiger partial charge is 0.233 e. The molecule has 1 aliphatic heterocycles. The first kappa shape index (κ1) is 25.2. The highest BCUT2D eigenvalue weighted by Crippen LogP contribution is 2.47. The number of imide groups is 1. The van der Waals surface area contributed by atoms with Crippen LogP contribution in [0.25, 0.3) is 6.08 Å². The van der Waals surface area contributed by atoms with Gasteiger partial charge in [-0.3, -0.25) is 14.5 Å². The first-order chi connectivity index (χ1) is 15.7. The van der Waals surface area contributed by atoms with E-state index in [0.717, 1.165) is 22.3 Å². The zero-order valence-corrected chi connectivity index (χ0v) is 20.1. The predicted octanol–water partition coefficient (Wildman–Crippen LogP) is 3.91. The standard InChI is InChI=1S/C27H37NO5/c1-5-12-28-26(32)21-14-20(16(2)3)24(22(15-29)25(21)27(28)33)23(31)11-6-17(4)13-18-7-9-19(30)10-8-18/h7-10,13,16,21-23,25,29-31H,5-6,11-12,14-15H2,1-4H3/b17-13+/t21-,22+,23-,25-/m1/s1. The Morgan fingerprint density at radius 3 is 2.42 bits per heavy atom. The summed E-state index contributed by atoms with van der Waals surface area (Å²) in [4.78, 5) is 27.4. The monoisotopic (exact) mass is 455 g/mol. The number of likely N-dealkylation sites (tertiary alicyclic amines) is 1. The Bertz CT molecular complexity index is 930. The average molecular weight is 456 g/mol. The van der Waals surface area contributed by atoms with Crippen LogP contribution >= 0.6 is 0 Å². The third-order valence-corrected chi connectivity index (χ3v) is 7.03. The van der Waals surface area contributed by atoms with Crippen LogP contribution in [0.4, 0.5) is 0 Å². The number of amides is 2. The number of carbonyl (C=O) groups excluding carboxylic acids is 2. The molecule has 0 spiro atoms. The minimum absolute atomic E-state index is 0.112. The number of hydrogen-bond donors (Lipinski definition) is 3. The van der Waals surface area contributed by atoms with Crippen LogP contribution in [-0.2, 0) is 9.59 Å². The molecule has 0 bridgehead atoms. The number of allylic oxidation sites excluding steroid dienone is 2. The summed E-state index contributed by atoms with van der Waals surface area (Å²) < 4.78 is 0. The molecule has 0 aromatic heterocycles. The molecule has 1 aliphatic carbocycles. The van der Waals surface area contributed by atoms with Gasteiger partial charge >= 0.3 is 0 Å². The van der Waals surface area contributed by atoms with E-state index in [-0.39, 0.29) is 30.1 Å². The van der Waals surface area contributed by atoms with E-state index in [9.17, 15) is 24.9 Å². The van der Waals surface area contributed by atoms with Crippen molar-refractivity contribution in [1.29, 1.82) is 0 Å². The van der Waals surface area contributed by atoms with E-state index >= 15 is 0 Å². The summed E-state index contributed by atoms with van der Waals surface area (Å²) in [5, 5.41) is 31.0. The van der Waals surface area contributed by atoms with Crippen LogP contribution in [0.2, 0.25) is 0 Å². The molecule has 33 heavy (non-hydrogen) atoms. The first-order valence-corrected chi connectivity index (χ1v) is 12.0. The van der Waals surface area contributed by atoms with Crippen molar-refractivity contribution in [2.75, 3.05) is 13.2 Å². The van der Waals surface area contributed by atoms with Gasteiger partial charge in [-0.2, -0.15) is 0 Å². The molecule has 2 amide bonds. The van der Waals surface area contributed by atoms with Gasteiger partial charge in [0.25, 0.3) is 0 Å². The van der Waals surface area contributed by atoms with Crippen molar-refractivity contribution in [3.8, 4) is 5.75 Å². The van der Waals surface area contributed by atoms with Crippen molar-refractivity contribution in [1.82, 2.24) is 4.90 Å². The summed E-state index contributed by atoms with van der Waals surface area (Å²) in [6.07, 6.45) is 3.53. The lowest BCUT2D eigenvalue weighted by molar-refractivity contribution is -0.140. The van der Waals surface area contributed by atoms with E-state index in [1.54, 1.807) is 12.1 Å². The maximum absolute atomic E-state index is 13.1. The number of phenolic OH excluding ortho intramolecular Hbond substituents is 1. The van der Waals surface area contributed by atoms with Gasteiger partial charge in [0, 0.05) is 12.5 Å². The second-order valence-electron chi connectivity index (χ2n) is 9.73. The molecule has 6 nitrogen and oxygen atoms in total. The Hall–Kier alpha value is -2.44. The molecule has 6 heteroatoms. The number of phenols is 1. The topological polar surface area (TPSA) is 98.1 Å². The summed E-state index contributed by atoms with van der Waals surface area (Å²) in [6.45, 7) is 8.16. The Balaban J connectivity index is 1.83. The molecule has 0 saturated carbocycles. The fourth-order valence-electron chi connectivity index (χ4n) is 5.40. The number of aliphatic hydroxyl groups excluding tert-OH is 2. The van der Waals surface area contributed by atoms with Crippen LogP contribution < -0.4 is 0 Å². The lowest BCUT2D eigenvalue weighted by Crippen LogP contribution is -2.39. The van der Waals surface area contributed by atoms with E-state index in [2.05, 4.69) is 0 Å². The molecule has 2 aliphatic rings. The molecule has 3 N–H and O–H groups in total. The quantitative estimate of drug-likeness (QED) is 0.387. The Kier molecular flexibility index (Phi) is 8.14. The molecular formula is C27H37NO5. The first-order valence-electron chi connectivity index (χ1n) is 12.0. The average Bonchev–Trinajstić information content (AvgIpc) is 3.02. The van der Waals surface area contributed by atoms with Gasteiger partial charge in [0.1, 0.15) is 5.75 Å². The van der Waals surface area contributed by atoms with E-state index in [1.807, 2.05) is 45.9 Å². The van der Waals surface area contributed by atoms with E-state index in [0.29, 0.717) is 32.2 Å². The summed E-state index contributed by atoms with van der Waals surface area (Å²) in [5.74, 6) is -1.57. The van der Waals surface area contributed by atoms with Crippen LogP contribution in [0.3, 0.4) is 0 Å². The minimum atomic E-state index is -0.785. The van der Waals surface area contributed by atoms with Crippen molar-refractivity contribution in [3.05, 3.63) is 46.5 Å². The third-order valence-electron chi connectivity index (χ3n) is 7.03. The third kappa shape index (κ3) is 5.22. The maximum atomic E-state index is 13.1. The van der Waals surface area contributed by atoms with Gasteiger partial charge in [0.2, 0.25) is 11.8 Å². The highest BCUT2D eigenvalue weighted by molar-refractivity contribution is 6.05. The molecule has 1 fully saturated rings. The van der Waals surface area contributed by atoms with Gasteiger partial charge in [0.05, 0.1) is 24.5 Å². The zero-order chi connectivity index (χ0) is 24.3. The summed E-state index contributed by atoms with van der Waals surface area (Å²) in [6, 6.07) is 6.95. The lowest BCUT2D eigenvalue weighted by atomic mass is 9.66. The van der Waals surface area contributed by atoms with Gasteiger partial charge < -0.3 is 15.3 Å². The fraction of sp³-hybridized carbons (Fsp3) is 0.556. The highest BCUT2D eigenvalue weighted by Gasteiger charge is 2.54. The number of hydrogen-bond acceptors (Lipinski definition) is 5. The number of nitrogens with zero attached hydrogens (tertiary/aromatic N) is 1. The molecule has 0 unspecified atom stereocenters. The molecule has 1 heterocycles. The Labute approximate surface area is 196 Å². The van der Waals surface area contributed by atoms with Gasteiger partial charge in [-0.25, -0.2) is 0 Å². The maximum Gasteiger partial charge on any atom is 0.233 e. The number of aromatic hydroxyl groups is 1. The number of fused-ring (bicyclic) bond motifs is 1. The van der Waals surface area contributed by atoms with E-state index in [1.165, 1.54) is 4.90 Å². The van der Waals surface area contributed by atoms with Crippen LogP contribution in [0.15, 0.2) is 41.0 Å². The zero-order valence-electron chi connectivity index (χ0n) is 20.1. The van der Waals surface area contributed by atoms with Crippen LogP contribution in [0, 0.1) is 23.7 Å². The van der Waals surface area contributed by atoms with E-state index < -0.39 is 23.9 Å². The second kappa shape index (κ2) is 10.7.